The van der Waals surface area contributed by atoms with Crippen LogP contribution in [-0.2, 0) is 9.84 Å². The van der Waals surface area contributed by atoms with Crippen LogP contribution in [0.3, 0.4) is 0 Å². The first-order valence-electron chi connectivity index (χ1n) is 10.4. The quantitative estimate of drug-likeness (QED) is 0.313. The molecule has 0 aliphatic rings. The summed E-state index contributed by atoms with van der Waals surface area (Å²) in [5.41, 5.74) is 2.09. The molecule has 0 aliphatic heterocycles. The Morgan fingerprint density at radius 1 is 1.11 bits per heavy atom. The van der Waals surface area contributed by atoms with Gasteiger partial charge in [0.1, 0.15) is 11.7 Å². The number of alkyl halides is 3. The van der Waals surface area contributed by atoms with Crippen LogP contribution in [0.25, 0.3) is 28.1 Å². The maximum atomic E-state index is 12.8. The van der Waals surface area contributed by atoms with Crippen molar-refractivity contribution in [2.24, 2.45) is 5.92 Å². The van der Waals surface area contributed by atoms with Crippen LogP contribution in [0.5, 0.6) is 0 Å². The van der Waals surface area contributed by atoms with Crippen molar-refractivity contribution in [3.63, 3.8) is 0 Å². The lowest BCUT2D eigenvalue weighted by Crippen LogP contribution is -2.22. The lowest BCUT2D eigenvalue weighted by Gasteiger charge is -2.15. The molecular formula is C24H18ClF3N4O2S. The molecule has 6 nitrogen and oxygen atoms in total. The summed E-state index contributed by atoms with van der Waals surface area (Å²) in [6.07, 6.45) is -2.47. The lowest BCUT2D eigenvalue weighted by atomic mass is 10.1. The van der Waals surface area contributed by atoms with Gasteiger partial charge in [-0.1, -0.05) is 36.7 Å². The van der Waals surface area contributed by atoms with Gasteiger partial charge in [0.2, 0.25) is 0 Å². The predicted octanol–water partition coefficient (Wildman–Crippen LogP) is 5.97. The maximum Gasteiger partial charge on any atom is 0.391 e. The third-order valence-corrected chi connectivity index (χ3v) is 7.56. The highest BCUT2D eigenvalue weighted by Crippen LogP contribution is 2.36. The van der Waals surface area contributed by atoms with Gasteiger partial charge in [0, 0.05) is 23.5 Å². The Morgan fingerprint density at radius 2 is 1.83 bits per heavy atom. The Morgan fingerprint density at radius 3 is 2.43 bits per heavy atom. The zero-order chi connectivity index (χ0) is 25.4. The van der Waals surface area contributed by atoms with Crippen LogP contribution in [0.2, 0.25) is 5.02 Å². The van der Waals surface area contributed by atoms with E-state index in [1.54, 1.807) is 10.6 Å². The van der Waals surface area contributed by atoms with E-state index in [0.29, 0.717) is 33.1 Å². The fraction of sp³-hybridized carbons (Fsp3) is 0.208. The first-order valence-corrected chi connectivity index (χ1v) is 12.5. The van der Waals surface area contributed by atoms with Gasteiger partial charge >= 0.3 is 6.18 Å². The molecule has 0 aliphatic carbocycles. The van der Waals surface area contributed by atoms with Crippen LogP contribution >= 0.6 is 11.6 Å². The number of hydrogen-bond donors (Lipinski definition) is 0. The molecular weight excluding hydrogens is 501 g/mol. The molecule has 0 radical (unpaired) electrons. The smallest absolute Gasteiger partial charge is 0.291 e. The first-order chi connectivity index (χ1) is 16.5. The summed E-state index contributed by atoms with van der Waals surface area (Å²) in [4.78, 5) is 8.47. The van der Waals surface area contributed by atoms with Crippen molar-refractivity contribution in [2.45, 2.75) is 24.4 Å². The fourth-order valence-electron chi connectivity index (χ4n) is 3.64. The monoisotopic (exact) mass is 518 g/mol. The van der Waals surface area contributed by atoms with Crippen molar-refractivity contribution in [3.8, 4) is 23.1 Å². The lowest BCUT2D eigenvalue weighted by molar-refractivity contribution is -0.169. The van der Waals surface area contributed by atoms with Gasteiger partial charge < -0.3 is 0 Å². The molecule has 1 aromatic carbocycles. The van der Waals surface area contributed by atoms with Crippen LogP contribution in [0.15, 0.2) is 65.8 Å². The minimum Gasteiger partial charge on any atom is -0.291 e. The molecule has 1 atom stereocenters. The number of hydrogen-bond acceptors (Lipinski definition) is 5. The Bertz CT molecular complexity index is 1530. The number of sulfone groups is 1. The Hall–Kier alpha value is -3.42. The zero-order valence-electron chi connectivity index (χ0n) is 18.3. The van der Waals surface area contributed by atoms with Crippen LogP contribution in [0.1, 0.15) is 18.9 Å². The number of nitriles is 1. The van der Waals surface area contributed by atoms with Crippen molar-refractivity contribution < 1.29 is 21.6 Å². The van der Waals surface area contributed by atoms with Gasteiger partial charge in [-0.3, -0.25) is 9.55 Å². The van der Waals surface area contributed by atoms with E-state index in [4.69, 9.17) is 11.6 Å². The van der Waals surface area contributed by atoms with E-state index in [9.17, 15) is 26.9 Å². The minimum atomic E-state index is -4.47. The third kappa shape index (κ3) is 4.88. The Kier molecular flexibility index (Phi) is 6.58. The largest absolute Gasteiger partial charge is 0.391 e. The molecule has 0 bridgehead atoms. The second-order valence-electron chi connectivity index (χ2n) is 7.96. The molecule has 3 heterocycles. The van der Waals surface area contributed by atoms with Crippen molar-refractivity contribution in [1.29, 1.82) is 5.26 Å². The van der Waals surface area contributed by atoms with Gasteiger partial charge in [0.05, 0.1) is 38.5 Å². The van der Waals surface area contributed by atoms with Gasteiger partial charge in [0.25, 0.3) is 0 Å². The third-order valence-electron chi connectivity index (χ3n) is 5.62. The number of para-hydroxylation sites is 1. The predicted molar refractivity (Wildman–Crippen MR) is 126 cm³/mol. The van der Waals surface area contributed by atoms with E-state index in [1.165, 1.54) is 18.3 Å². The molecule has 4 aromatic rings. The van der Waals surface area contributed by atoms with Crippen LogP contribution in [-0.4, -0.2) is 34.9 Å². The van der Waals surface area contributed by atoms with Crippen molar-refractivity contribution in [1.82, 2.24) is 14.5 Å². The summed E-state index contributed by atoms with van der Waals surface area (Å²) in [6, 6.07) is 15.6. The molecule has 0 saturated carbocycles. The standard InChI is InChI=1S/C24H18ClF3N4O2S/c1-15(24(26,27)28)9-10-35(33,34)18-7-8-21(30-14-18)22-20(12-29)19-11-16(25)13-31-23(19)32(22)17-5-3-2-4-6-17/h2-8,11,13-15H,9-10H2,1H3/t15-/m1/s1. The van der Waals surface area contributed by atoms with E-state index in [-0.39, 0.29) is 10.5 Å². The SMILES string of the molecule is C[C@H](CCS(=O)(=O)c1ccc(-c2c(C#N)c3cc(Cl)cnc3n2-c2ccccc2)nc1)C(F)(F)F. The van der Waals surface area contributed by atoms with E-state index in [2.05, 4.69) is 16.0 Å². The number of nitrogens with zero attached hydrogens (tertiary/aromatic N) is 4. The van der Waals surface area contributed by atoms with Crippen LogP contribution in [0, 0.1) is 17.2 Å². The van der Waals surface area contributed by atoms with E-state index >= 15 is 0 Å². The summed E-state index contributed by atoms with van der Waals surface area (Å²) in [5, 5.41) is 10.8. The topological polar surface area (TPSA) is 88.6 Å². The molecule has 3 aromatic heterocycles. The van der Waals surface area contributed by atoms with Crippen molar-refractivity contribution >= 4 is 32.5 Å². The van der Waals surface area contributed by atoms with E-state index < -0.39 is 34.1 Å². The normalized spacial score (nSPS) is 13.0. The molecule has 35 heavy (non-hydrogen) atoms. The van der Waals surface area contributed by atoms with Gasteiger partial charge in [-0.15, -0.1) is 0 Å². The minimum absolute atomic E-state index is 0.197. The number of benzene rings is 1. The van der Waals surface area contributed by atoms with Gasteiger partial charge in [-0.25, -0.2) is 13.4 Å². The van der Waals surface area contributed by atoms with Gasteiger partial charge in [-0.05, 0) is 36.8 Å². The first kappa shape index (κ1) is 24.7. The maximum absolute atomic E-state index is 12.8. The van der Waals surface area contributed by atoms with E-state index in [0.717, 1.165) is 13.1 Å². The highest BCUT2D eigenvalue weighted by molar-refractivity contribution is 7.91. The molecule has 180 valence electrons. The van der Waals surface area contributed by atoms with Gasteiger partial charge in [-0.2, -0.15) is 18.4 Å². The average molecular weight is 519 g/mol. The number of fused-ring (bicyclic) bond motifs is 1. The molecule has 4 rings (SSSR count). The molecule has 11 heteroatoms. The molecule has 0 amide bonds. The summed E-state index contributed by atoms with van der Waals surface area (Å²) in [6.45, 7) is 0.947. The molecule has 0 fully saturated rings. The average Bonchev–Trinajstić information content (AvgIpc) is 3.16. The number of pyridine rings is 2. The Balaban J connectivity index is 1.80. The Labute approximate surface area is 204 Å². The number of aromatic nitrogens is 3. The number of rotatable bonds is 6. The molecule has 0 unspecified atom stereocenters. The van der Waals surface area contributed by atoms with Gasteiger partial charge in [0.15, 0.2) is 9.84 Å². The number of halogens is 4. The van der Waals surface area contributed by atoms with Crippen LogP contribution < -0.4 is 0 Å². The molecule has 0 N–H and O–H groups in total. The summed E-state index contributed by atoms with van der Waals surface area (Å²) < 4.78 is 65.3. The highest BCUT2D eigenvalue weighted by Gasteiger charge is 2.36. The van der Waals surface area contributed by atoms with E-state index in [1.807, 2.05) is 30.3 Å². The summed E-state index contributed by atoms with van der Waals surface area (Å²) >= 11 is 6.12. The second kappa shape index (κ2) is 9.32. The molecule has 0 spiro atoms. The van der Waals surface area contributed by atoms with Crippen molar-refractivity contribution in [3.05, 3.63) is 71.5 Å². The van der Waals surface area contributed by atoms with Crippen molar-refractivity contribution in [2.75, 3.05) is 5.75 Å². The van der Waals surface area contributed by atoms with Crippen LogP contribution in [0.4, 0.5) is 13.2 Å². The zero-order valence-corrected chi connectivity index (χ0v) is 19.9. The summed E-state index contributed by atoms with van der Waals surface area (Å²) in [7, 11) is -3.99. The fourth-order valence-corrected chi connectivity index (χ4v) is 5.19. The molecule has 0 saturated heterocycles. The second-order valence-corrected chi connectivity index (χ2v) is 10.5. The summed E-state index contributed by atoms with van der Waals surface area (Å²) in [5.74, 6) is -2.41. The highest BCUT2D eigenvalue weighted by atomic mass is 35.5.